The number of nitriles is 1. The highest BCUT2D eigenvalue weighted by molar-refractivity contribution is 5.79. The van der Waals surface area contributed by atoms with Crippen molar-refractivity contribution in [3.05, 3.63) is 66.9 Å². The molecule has 4 aromatic rings. The van der Waals surface area contributed by atoms with Crippen molar-refractivity contribution in [2.45, 2.75) is 0 Å². The highest BCUT2D eigenvalue weighted by atomic mass is 16.5. The summed E-state index contributed by atoms with van der Waals surface area (Å²) in [7, 11) is 1.62. The number of aromatic nitrogens is 3. The molecule has 3 aromatic heterocycles. The van der Waals surface area contributed by atoms with E-state index in [9.17, 15) is 5.26 Å². The van der Waals surface area contributed by atoms with Crippen LogP contribution >= 0.6 is 0 Å². The average Bonchev–Trinajstić information content (AvgIpc) is 3.39. The molecule has 3 heterocycles. The zero-order valence-corrected chi connectivity index (χ0v) is 14.5. The molecule has 7 nitrogen and oxygen atoms in total. The van der Waals surface area contributed by atoms with Gasteiger partial charge in [-0.25, -0.2) is 9.67 Å². The minimum Gasteiger partial charge on any atom is -0.497 e. The maximum Gasteiger partial charge on any atom is 0.142 e. The van der Waals surface area contributed by atoms with Gasteiger partial charge in [0.15, 0.2) is 0 Å². The number of anilines is 1. The summed E-state index contributed by atoms with van der Waals surface area (Å²) >= 11 is 0. The molecule has 0 atom stereocenters. The van der Waals surface area contributed by atoms with Crippen molar-refractivity contribution in [2.24, 2.45) is 0 Å². The Labute approximate surface area is 155 Å². The van der Waals surface area contributed by atoms with Gasteiger partial charge in [-0.15, -0.1) is 0 Å². The second-order valence-electron chi connectivity index (χ2n) is 5.81. The number of nitrogens with two attached hydrogens (primary N) is 1. The van der Waals surface area contributed by atoms with Gasteiger partial charge in [-0.05, 0) is 36.4 Å². The van der Waals surface area contributed by atoms with Gasteiger partial charge in [0.05, 0.1) is 37.2 Å². The molecule has 7 heteroatoms. The number of nitrogen functional groups attached to an aromatic ring is 1. The second kappa shape index (κ2) is 6.69. The quantitative estimate of drug-likeness (QED) is 0.598. The summed E-state index contributed by atoms with van der Waals surface area (Å²) < 4.78 is 12.1. The number of hydrogen-bond donors (Lipinski definition) is 1. The second-order valence-corrected chi connectivity index (χ2v) is 5.81. The molecule has 0 aliphatic carbocycles. The van der Waals surface area contributed by atoms with Gasteiger partial charge in [0, 0.05) is 22.9 Å². The van der Waals surface area contributed by atoms with E-state index in [-0.39, 0.29) is 5.82 Å². The first kappa shape index (κ1) is 16.4. The van der Waals surface area contributed by atoms with E-state index in [0.29, 0.717) is 16.8 Å². The molecule has 0 radical (unpaired) electrons. The zero-order valence-electron chi connectivity index (χ0n) is 14.5. The lowest BCUT2D eigenvalue weighted by atomic mass is 10.0. The van der Waals surface area contributed by atoms with Crippen LogP contribution in [0.1, 0.15) is 5.56 Å². The van der Waals surface area contributed by atoms with Crippen LogP contribution in [0.15, 0.2) is 65.7 Å². The summed E-state index contributed by atoms with van der Waals surface area (Å²) in [5.41, 5.74) is 10.1. The van der Waals surface area contributed by atoms with Crippen molar-refractivity contribution >= 4 is 5.82 Å². The molecular weight excluding hydrogens is 342 g/mol. The van der Waals surface area contributed by atoms with Gasteiger partial charge in [0.25, 0.3) is 0 Å². The molecule has 0 fully saturated rings. The van der Waals surface area contributed by atoms with Gasteiger partial charge in [-0.1, -0.05) is 0 Å². The van der Waals surface area contributed by atoms with E-state index in [1.54, 1.807) is 36.6 Å². The Hall–Kier alpha value is -4.05. The molecule has 0 aliphatic heterocycles. The van der Waals surface area contributed by atoms with Gasteiger partial charge < -0.3 is 14.9 Å². The van der Waals surface area contributed by atoms with E-state index in [1.807, 2.05) is 36.5 Å². The van der Waals surface area contributed by atoms with Crippen molar-refractivity contribution in [1.29, 1.82) is 5.26 Å². The number of pyridine rings is 1. The van der Waals surface area contributed by atoms with Crippen molar-refractivity contribution in [3.8, 4) is 39.9 Å². The van der Waals surface area contributed by atoms with Crippen molar-refractivity contribution < 1.29 is 9.15 Å². The average molecular weight is 357 g/mol. The van der Waals surface area contributed by atoms with Crippen LogP contribution in [-0.4, -0.2) is 21.9 Å². The number of hydrogen-bond acceptors (Lipinski definition) is 6. The molecule has 0 spiro atoms. The summed E-state index contributed by atoms with van der Waals surface area (Å²) in [6.07, 6.45) is 6.68. The molecule has 0 unspecified atom stereocenters. The van der Waals surface area contributed by atoms with Crippen molar-refractivity contribution in [1.82, 2.24) is 14.8 Å². The molecule has 1 aromatic carbocycles. The Morgan fingerprint density at radius 2 is 2.00 bits per heavy atom. The van der Waals surface area contributed by atoms with Crippen molar-refractivity contribution in [2.75, 3.05) is 12.8 Å². The van der Waals surface area contributed by atoms with Crippen LogP contribution in [0.25, 0.3) is 28.1 Å². The van der Waals surface area contributed by atoms with E-state index < -0.39 is 0 Å². The van der Waals surface area contributed by atoms with Crippen LogP contribution in [0.2, 0.25) is 0 Å². The lowest BCUT2D eigenvalue weighted by Crippen LogP contribution is -1.99. The van der Waals surface area contributed by atoms with Gasteiger partial charge in [0.1, 0.15) is 23.2 Å². The number of benzene rings is 1. The van der Waals surface area contributed by atoms with E-state index in [2.05, 4.69) is 16.2 Å². The minimum absolute atomic E-state index is 0.170. The van der Waals surface area contributed by atoms with Gasteiger partial charge in [0.2, 0.25) is 0 Å². The third kappa shape index (κ3) is 3.00. The third-order valence-corrected chi connectivity index (χ3v) is 4.21. The fraction of sp³-hybridized carbons (Fsp3) is 0.0500. The fourth-order valence-corrected chi connectivity index (χ4v) is 2.81. The summed E-state index contributed by atoms with van der Waals surface area (Å²) in [5, 5.41) is 13.8. The molecule has 0 bridgehead atoms. The SMILES string of the molecule is COc1ccc(-n2cc(-c3cc(-c4ccoc4)c(C#N)c(N)n3)cn2)cc1. The molecule has 4 rings (SSSR count). The topological polar surface area (TPSA) is 103 Å². The molecular formula is C20H15N5O2. The Balaban J connectivity index is 1.76. The van der Waals surface area contributed by atoms with Gasteiger partial charge in [-0.3, -0.25) is 0 Å². The van der Waals surface area contributed by atoms with Crippen LogP contribution < -0.4 is 10.5 Å². The van der Waals surface area contributed by atoms with Crippen LogP contribution in [0.3, 0.4) is 0 Å². The molecule has 2 N–H and O–H groups in total. The summed E-state index contributed by atoms with van der Waals surface area (Å²) in [5.74, 6) is 0.945. The fourth-order valence-electron chi connectivity index (χ4n) is 2.81. The Bertz CT molecular complexity index is 1120. The Kier molecular flexibility index (Phi) is 4.07. The largest absolute Gasteiger partial charge is 0.497 e. The smallest absolute Gasteiger partial charge is 0.142 e. The number of nitrogens with zero attached hydrogens (tertiary/aromatic N) is 4. The lowest BCUT2D eigenvalue weighted by molar-refractivity contribution is 0.414. The normalized spacial score (nSPS) is 10.5. The van der Waals surface area contributed by atoms with Crippen LogP contribution in [0.4, 0.5) is 5.82 Å². The number of methoxy groups -OCH3 is 1. The highest BCUT2D eigenvalue weighted by Crippen LogP contribution is 2.31. The molecule has 132 valence electrons. The zero-order chi connectivity index (χ0) is 18.8. The molecule has 0 saturated carbocycles. The number of rotatable bonds is 4. The van der Waals surface area contributed by atoms with E-state index in [1.165, 1.54) is 0 Å². The molecule has 0 aliphatic rings. The van der Waals surface area contributed by atoms with E-state index in [0.717, 1.165) is 22.6 Å². The number of ether oxygens (including phenoxy) is 1. The molecule has 27 heavy (non-hydrogen) atoms. The summed E-state index contributed by atoms with van der Waals surface area (Å²) in [6, 6.07) is 13.3. The van der Waals surface area contributed by atoms with Gasteiger partial charge >= 0.3 is 0 Å². The number of furan rings is 1. The van der Waals surface area contributed by atoms with Gasteiger partial charge in [-0.2, -0.15) is 10.4 Å². The standard InChI is InChI=1S/C20H15N5O2/c1-26-16-4-2-15(3-5-16)25-11-14(10-23-25)19-8-17(13-6-7-27-12-13)18(9-21)20(22)24-19/h2-8,10-12H,1H3,(H2,22,24). The Morgan fingerprint density at radius 3 is 2.67 bits per heavy atom. The molecule has 0 saturated heterocycles. The first-order valence-corrected chi connectivity index (χ1v) is 8.12. The predicted octanol–water partition coefficient (Wildman–Crippen LogP) is 3.66. The minimum atomic E-state index is 0.170. The molecule has 0 amide bonds. The van der Waals surface area contributed by atoms with Crippen LogP contribution in [0, 0.1) is 11.3 Å². The Morgan fingerprint density at radius 1 is 1.19 bits per heavy atom. The maximum atomic E-state index is 9.43. The highest BCUT2D eigenvalue weighted by Gasteiger charge is 2.15. The third-order valence-electron chi connectivity index (χ3n) is 4.21. The summed E-state index contributed by atoms with van der Waals surface area (Å²) in [4.78, 5) is 4.37. The first-order chi connectivity index (χ1) is 13.2. The van der Waals surface area contributed by atoms with Crippen LogP contribution in [0.5, 0.6) is 5.75 Å². The monoisotopic (exact) mass is 357 g/mol. The van der Waals surface area contributed by atoms with E-state index >= 15 is 0 Å². The maximum absolute atomic E-state index is 9.43. The lowest BCUT2D eigenvalue weighted by Gasteiger charge is -2.07. The van der Waals surface area contributed by atoms with Crippen LogP contribution in [-0.2, 0) is 0 Å². The predicted molar refractivity (Wildman–Crippen MR) is 100 cm³/mol. The summed E-state index contributed by atoms with van der Waals surface area (Å²) in [6.45, 7) is 0. The van der Waals surface area contributed by atoms with E-state index in [4.69, 9.17) is 14.9 Å². The first-order valence-electron chi connectivity index (χ1n) is 8.12. The van der Waals surface area contributed by atoms with Crippen molar-refractivity contribution in [3.63, 3.8) is 0 Å².